The number of carbonyl (C=O) groups excluding carboxylic acids is 1. The van der Waals surface area contributed by atoms with Crippen molar-refractivity contribution in [2.24, 2.45) is 0 Å². The van der Waals surface area contributed by atoms with Gasteiger partial charge in [0.2, 0.25) is 15.9 Å². The quantitative estimate of drug-likeness (QED) is 0.582. The molecule has 1 saturated heterocycles. The number of anilines is 1. The van der Waals surface area contributed by atoms with E-state index in [2.05, 4.69) is 4.98 Å². The molecule has 0 bridgehead atoms. The average molecular weight is 446 g/mol. The van der Waals surface area contributed by atoms with E-state index in [9.17, 15) is 13.2 Å². The lowest BCUT2D eigenvalue weighted by Gasteiger charge is -2.27. The zero-order valence-electron chi connectivity index (χ0n) is 16.8. The van der Waals surface area contributed by atoms with Crippen molar-refractivity contribution in [1.82, 2.24) is 9.29 Å². The van der Waals surface area contributed by atoms with Crippen LogP contribution in [-0.4, -0.2) is 49.6 Å². The molecule has 1 fully saturated rings. The molecule has 0 aliphatic carbocycles. The van der Waals surface area contributed by atoms with Crippen LogP contribution in [0.25, 0.3) is 10.2 Å². The summed E-state index contributed by atoms with van der Waals surface area (Å²) in [7, 11) is -1.87. The van der Waals surface area contributed by atoms with Gasteiger partial charge in [-0.3, -0.25) is 9.69 Å². The lowest BCUT2D eigenvalue weighted by atomic mass is 10.1. The molecule has 1 aliphatic rings. The number of ether oxygens (including phenoxy) is 1. The summed E-state index contributed by atoms with van der Waals surface area (Å²) in [5.74, 6) is 0.451. The maximum Gasteiger partial charge on any atom is 0.247 e. The molecule has 0 spiro atoms. The maximum absolute atomic E-state index is 13.6. The van der Waals surface area contributed by atoms with E-state index >= 15 is 0 Å². The van der Waals surface area contributed by atoms with E-state index in [1.807, 2.05) is 48.5 Å². The molecule has 4 rings (SSSR count). The Kier molecular flexibility index (Phi) is 5.77. The smallest absolute Gasteiger partial charge is 0.247 e. The van der Waals surface area contributed by atoms with Gasteiger partial charge in [0.25, 0.3) is 0 Å². The fraction of sp³-hybridized carbons (Fsp3) is 0.333. The summed E-state index contributed by atoms with van der Waals surface area (Å²) in [5.41, 5.74) is 1.69. The molecule has 30 heavy (non-hydrogen) atoms. The number of benzene rings is 2. The van der Waals surface area contributed by atoms with Crippen LogP contribution < -0.4 is 9.64 Å². The molecule has 1 amide bonds. The molecule has 1 atom stereocenters. The first-order valence-corrected chi connectivity index (χ1v) is 12.3. The molecule has 3 aromatic rings. The van der Waals surface area contributed by atoms with Crippen LogP contribution in [0.5, 0.6) is 5.75 Å². The molecule has 0 N–H and O–H groups in total. The van der Waals surface area contributed by atoms with E-state index in [0.717, 1.165) is 22.0 Å². The molecule has 0 radical (unpaired) electrons. The van der Waals surface area contributed by atoms with E-state index in [0.29, 0.717) is 36.8 Å². The molecule has 158 valence electrons. The number of hydrogen-bond acceptors (Lipinski definition) is 6. The second-order valence-electron chi connectivity index (χ2n) is 7.27. The van der Waals surface area contributed by atoms with E-state index < -0.39 is 16.1 Å². The lowest BCUT2D eigenvalue weighted by Crippen LogP contribution is -2.47. The third kappa shape index (κ3) is 4.19. The fourth-order valence-corrected chi connectivity index (χ4v) is 5.78. The third-order valence-electron chi connectivity index (χ3n) is 5.18. The molecule has 2 aromatic carbocycles. The summed E-state index contributed by atoms with van der Waals surface area (Å²) in [4.78, 5) is 19.9. The largest absolute Gasteiger partial charge is 0.497 e. The van der Waals surface area contributed by atoms with E-state index in [1.165, 1.54) is 15.6 Å². The molecule has 2 heterocycles. The molecule has 1 aliphatic heterocycles. The first-order chi connectivity index (χ1) is 14.4. The Morgan fingerprint density at radius 2 is 2.03 bits per heavy atom. The van der Waals surface area contributed by atoms with E-state index in [-0.39, 0.29) is 5.91 Å². The van der Waals surface area contributed by atoms with Crippen molar-refractivity contribution >= 4 is 42.6 Å². The predicted molar refractivity (Wildman–Crippen MR) is 118 cm³/mol. The van der Waals surface area contributed by atoms with Gasteiger partial charge in [-0.05, 0) is 30.5 Å². The van der Waals surface area contributed by atoms with Gasteiger partial charge in [0.1, 0.15) is 11.8 Å². The lowest BCUT2D eigenvalue weighted by molar-refractivity contribution is -0.121. The average Bonchev–Trinajstić information content (AvgIpc) is 3.38. The van der Waals surface area contributed by atoms with Crippen molar-refractivity contribution in [2.45, 2.75) is 25.4 Å². The van der Waals surface area contributed by atoms with Gasteiger partial charge >= 0.3 is 0 Å². The van der Waals surface area contributed by atoms with Crippen LogP contribution in [0.1, 0.15) is 18.4 Å². The molecule has 1 aromatic heterocycles. The maximum atomic E-state index is 13.6. The zero-order chi connectivity index (χ0) is 21.3. The Balaban J connectivity index is 1.74. The van der Waals surface area contributed by atoms with Crippen LogP contribution in [0.4, 0.5) is 5.13 Å². The number of rotatable bonds is 6. The number of carbonyl (C=O) groups is 1. The minimum atomic E-state index is -3.47. The van der Waals surface area contributed by atoms with Gasteiger partial charge in [-0.25, -0.2) is 13.4 Å². The Morgan fingerprint density at radius 3 is 2.73 bits per heavy atom. The summed E-state index contributed by atoms with van der Waals surface area (Å²) >= 11 is 1.41. The molecule has 7 nitrogen and oxygen atoms in total. The van der Waals surface area contributed by atoms with Crippen molar-refractivity contribution < 1.29 is 17.9 Å². The zero-order valence-corrected chi connectivity index (χ0v) is 18.4. The summed E-state index contributed by atoms with van der Waals surface area (Å²) in [6.45, 7) is 0.691. The number of amides is 1. The molecular formula is C21H23N3O4S2. The summed E-state index contributed by atoms with van der Waals surface area (Å²) in [5, 5.41) is 0.549. The Morgan fingerprint density at radius 1 is 1.27 bits per heavy atom. The van der Waals surface area contributed by atoms with Crippen molar-refractivity contribution in [3.05, 3.63) is 54.1 Å². The van der Waals surface area contributed by atoms with Gasteiger partial charge in [-0.1, -0.05) is 41.7 Å². The molecule has 9 heteroatoms. The van der Waals surface area contributed by atoms with Crippen molar-refractivity contribution in [3.63, 3.8) is 0 Å². The Hall–Kier alpha value is -2.49. The summed E-state index contributed by atoms with van der Waals surface area (Å²) in [6, 6.07) is 14.5. The number of thiazole rings is 1. The van der Waals surface area contributed by atoms with E-state index in [1.54, 1.807) is 12.0 Å². The van der Waals surface area contributed by atoms with Gasteiger partial charge < -0.3 is 4.74 Å². The fourth-order valence-electron chi connectivity index (χ4n) is 3.71. The minimum Gasteiger partial charge on any atom is -0.497 e. The highest BCUT2D eigenvalue weighted by Gasteiger charge is 2.39. The van der Waals surface area contributed by atoms with Crippen LogP contribution in [0, 0.1) is 0 Å². The topological polar surface area (TPSA) is 79.8 Å². The predicted octanol–water partition coefficient (Wildman–Crippen LogP) is 3.26. The van der Waals surface area contributed by atoms with Crippen LogP contribution >= 0.6 is 11.3 Å². The number of nitrogens with zero attached hydrogens (tertiary/aromatic N) is 3. The number of hydrogen-bond donors (Lipinski definition) is 0. The number of aromatic nitrogens is 1. The van der Waals surface area contributed by atoms with Crippen LogP contribution in [0.15, 0.2) is 48.5 Å². The van der Waals surface area contributed by atoms with Crippen LogP contribution in [-0.2, 0) is 21.4 Å². The Labute approximate surface area is 179 Å². The first-order valence-electron chi connectivity index (χ1n) is 9.63. The second kappa shape index (κ2) is 8.33. The van der Waals surface area contributed by atoms with Gasteiger partial charge in [-0.15, -0.1) is 0 Å². The van der Waals surface area contributed by atoms with Crippen LogP contribution in [0.2, 0.25) is 0 Å². The number of sulfonamides is 1. The van der Waals surface area contributed by atoms with Gasteiger partial charge in [-0.2, -0.15) is 4.31 Å². The third-order valence-corrected chi connectivity index (χ3v) is 7.53. The van der Waals surface area contributed by atoms with Crippen molar-refractivity contribution in [2.75, 3.05) is 24.8 Å². The second-order valence-corrected chi connectivity index (χ2v) is 10.2. The standard InChI is InChI=1S/C21H23N3O4S2/c1-28-16-10-11-19-17(13-16)22-21(29-19)23(14-15-7-4-3-5-8-15)20(25)18-9-6-12-24(18)30(2,26)27/h3-5,7-8,10-11,13,18H,6,9,12,14H2,1-2H3/t18-/m0/s1. The SMILES string of the molecule is COc1ccc2sc(N(Cc3ccccc3)C(=O)[C@@H]3CCCN3S(C)(=O)=O)nc2c1. The van der Waals surface area contributed by atoms with E-state index in [4.69, 9.17) is 4.74 Å². The highest BCUT2D eigenvalue weighted by Crippen LogP contribution is 2.34. The highest BCUT2D eigenvalue weighted by atomic mass is 32.2. The molecule has 0 saturated carbocycles. The van der Waals surface area contributed by atoms with Crippen molar-refractivity contribution in [1.29, 1.82) is 0 Å². The molecular weight excluding hydrogens is 422 g/mol. The first kappa shape index (κ1) is 20.8. The van der Waals surface area contributed by atoms with Crippen molar-refractivity contribution in [3.8, 4) is 5.75 Å². The highest BCUT2D eigenvalue weighted by molar-refractivity contribution is 7.88. The minimum absolute atomic E-state index is 0.243. The summed E-state index contributed by atoms with van der Waals surface area (Å²) < 4.78 is 31.9. The van der Waals surface area contributed by atoms with Gasteiger partial charge in [0, 0.05) is 12.6 Å². The molecule has 0 unspecified atom stereocenters. The normalized spacial score (nSPS) is 17.3. The number of fused-ring (bicyclic) bond motifs is 1. The van der Waals surface area contributed by atoms with Crippen LogP contribution in [0.3, 0.4) is 0 Å². The van der Waals surface area contributed by atoms with Gasteiger partial charge in [0.05, 0.1) is 30.1 Å². The monoisotopic (exact) mass is 445 g/mol. The Bertz CT molecular complexity index is 1160. The van der Waals surface area contributed by atoms with Gasteiger partial charge in [0.15, 0.2) is 5.13 Å². The summed E-state index contributed by atoms with van der Waals surface area (Å²) in [6.07, 6.45) is 2.33. The number of methoxy groups -OCH3 is 1.